The number of hydrogen-bond donors (Lipinski definition) is 12. The van der Waals surface area contributed by atoms with Gasteiger partial charge in [0, 0.05) is 0 Å². The van der Waals surface area contributed by atoms with Crippen LogP contribution < -0.4 is 48.3 Å². The Morgan fingerprint density at radius 3 is 1.50 bits per heavy atom. The monoisotopic (exact) mass is 906 g/mol. The molecule has 0 heterocycles. The summed E-state index contributed by atoms with van der Waals surface area (Å²) in [4.78, 5) is 117. The normalized spacial score (nSPS) is 15.9. The Hall–Kier alpha value is -5.83. The molecule has 21 nitrogen and oxygen atoms in total. The van der Waals surface area contributed by atoms with E-state index >= 15 is 0 Å². The zero-order valence-electron chi connectivity index (χ0n) is 38.6. The maximum Gasteiger partial charge on any atom is 0.326 e. The highest BCUT2D eigenvalue weighted by atomic mass is 16.4. The highest BCUT2D eigenvalue weighted by Crippen LogP contribution is 2.14. The van der Waals surface area contributed by atoms with E-state index in [1.165, 1.54) is 26.0 Å². The number of carboxylic acid groups (broad SMARTS) is 1. The average molecular weight is 906 g/mol. The number of amides is 8. The lowest BCUT2D eigenvalue weighted by atomic mass is 9.96. The summed E-state index contributed by atoms with van der Waals surface area (Å²) in [5, 5.41) is 49.2. The molecule has 0 aliphatic heterocycles. The Morgan fingerprint density at radius 1 is 0.578 bits per heavy atom. The van der Waals surface area contributed by atoms with Crippen LogP contribution in [-0.2, 0) is 49.6 Å². The van der Waals surface area contributed by atoms with E-state index in [2.05, 4.69) is 42.5 Å². The van der Waals surface area contributed by atoms with Crippen LogP contribution in [0.25, 0.3) is 0 Å². The van der Waals surface area contributed by atoms with Crippen LogP contribution in [0.15, 0.2) is 24.3 Å². The topological polar surface area (TPSA) is 337 Å². The third-order valence-corrected chi connectivity index (χ3v) is 10.6. The van der Waals surface area contributed by atoms with Crippen LogP contribution in [0, 0.1) is 23.7 Å². The Labute approximate surface area is 375 Å². The number of benzene rings is 1. The minimum Gasteiger partial charge on any atom is -0.508 e. The minimum atomic E-state index is -1.56. The summed E-state index contributed by atoms with van der Waals surface area (Å²) in [6.45, 7) is 15.2. The van der Waals surface area contributed by atoms with Crippen LogP contribution in [0.2, 0.25) is 0 Å². The number of carbonyl (C=O) groups excluding carboxylic acids is 8. The Kier molecular flexibility index (Phi) is 24.0. The number of nitrogens with two attached hydrogens (primary N) is 1. The predicted molar refractivity (Wildman–Crippen MR) is 236 cm³/mol. The first-order valence-corrected chi connectivity index (χ1v) is 21.6. The van der Waals surface area contributed by atoms with Crippen molar-refractivity contribution in [1.29, 1.82) is 0 Å². The van der Waals surface area contributed by atoms with Crippen molar-refractivity contribution in [2.45, 2.75) is 143 Å². The smallest absolute Gasteiger partial charge is 0.326 e. The van der Waals surface area contributed by atoms with Gasteiger partial charge in [-0.25, -0.2) is 4.79 Å². The molecule has 21 heteroatoms. The lowest BCUT2D eigenvalue weighted by Crippen LogP contribution is -2.61. The second-order valence-corrected chi connectivity index (χ2v) is 17.0. The van der Waals surface area contributed by atoms with Gasteiger partial charge in [0.25, 0.3) is 0 Å². The standard InChI is InChI=1S/C43H71N9O12/c1-11-23(7)34(49-31(55)19-45-37(57)25(9)47-38(58)29(44)18-27-13-15-28(54)16-14-27)40(60)46-20-32(56)50-35(24(8)12-2)41(61)48-30(17-21(3)4)39(59)52-36(26(10)53)42(62)51-33(22(5)6)43(63)64/h13-16,21-26,29-30,33-36,53-54H,11-12,17-20,44H2,1-10H3,(H,45,57)(H,46,60)(H,47,58)(H,48,61)(H,49,55)(H,50,56)(H,51,62)(H,52,59)(H,63,64)/t23-,24-,25-,26+,29-,30-,33-,34-,35-,36-/m0/s1. The Balaban J connectivity index is 2.94. The van der Waals surface area contributed by atoms with Crippen molar-refractivity contribution in [2.75, 3.05) is 13.1 Å². The predicted octanol–water partition coefficient (Wildman–Crippen LogP) is -1.32. The molecule has 10 atom stereocenters. The molecule has 0 aromatic heterocycles. The summed E-state index contributed by atoms with van der Waals surface area (Å²) in [5.74, 6) is -8.82. The number of carboxylic acids is 1. The number of rotatable bonds is 27. The minimum absolute atomic E-state index is 0.0578. The van der Waals surface area contributed by atoms with E-state index in [0.29, 0.717) is 18.4 Å². The van der Waals surface area contributed by atoms with Gasteiger partial charge < -0.3 is 63.6 Å². The first kappa shape index (κ1) is 56.2. The number of aliphatic carboxylic acids is 1. The SMILES string of the molecule is CC[C@H](C)[C@H](NC(=O)CNC(=O)[C@H](C)NC(=O)[C@@H](N)Cc1ccc(O)cc1)C(=O)NCC(=O)N[C@H](C(=O)N[C@@H](CC(C)C)C(=O)N[C@H](C(=O)N[C@H](C(=O)O)C(C)C)[C@@H](C)O)[C@@H](C)CC. The van der Waals surface area contributed by atoms with E-state index in [1.807, 2.05) is 0 Å². The molecule has 1 rings (SSSR count). The molecule has 1 aromatic rings. The highest BCUT2D eigenvalue weighted by molar-refractivity contribution is 5.97. The number of aliphatic hydroxyl groups excluding tert-OH is 1. The highest BCUT2D eigenvalue weighted by Gasteiger charge is 2.35. The van der Waals surface area contributed by atoms with Gasteiger partial charge in [0.1, 0.15) is 42.0 Å². The Bertz CT molecular complexity index is 1760. The largest absolute Gasteiger partial charge is 0.508 e. The van der Waals surface area contributed by atoms with Gasteiger partial charge in [-0.1, -0.05) is 80.4 Å². The van der Waals surface area contributed by atoms with E-state index in [0.717, 1.165) is 0 Å². The van der Waals surface area contributed by atoms with E-state index < -0.39 is 132 Å². The first-order valence-electron chi connectivity index (χ1n) is 21.6. The van der Waals surface area contributed by atoms with E-state index in [-0.39, 0.29) is 24.5 Å². The molecule has 13 N–H and O–H groups in total. The summed E-state index contributed by atoms with van der Waals surface area (Å²) in [6.07, 6.45) is -0.356. The van der Waals surface area contributed by atoms with Crippen LogP contribution in [-0.4, -0.2) is 130 Å². The maximum atomic E-state index is 13.7. The van der Waals surface area contributed by atoms with Gasteiger partial charge in [-0.15, -0.1) is 0 Å². The third-order valence-electron chi connectivity index (χ3n) is 10.6. The van der Waals surface area contributed by atoms with Gasteiger partial charge in [0.2, 0.25) is 47.3 Å². The van der Waals surface area contributed by atoms with Gasteiger partial charge >= 0.3 is 5.97 Å². The number of phenols is 1. The average Bonchev–Trinajstić information content (AvgIpc) is 3.22. The van der Waals surface area contributed by atoms with Crippen molar-refractivity contribution >= 4 is 53.2 Å². The van der Waals surface area contributed by atoms with Crippen LogP contribution in [0.5, 0.6) is 5.75 Å². The summed E-state index contributed by atoms with van der Waals surface area (Å²) in [6, 6.07) is -2.35. The number of carbonyl (C=O) groups is 9. The lowest BCUT2D eigenvalue weighted by molar-refractivity contribution is -0.144. The van der Waals surface area contributed by atoms with E-state index in [4.69, 9.17) is 5.73 Å². The van der Waals surface area contributed by atoms with Crippen LogP contribution in [0.1, 0.15) is 94.1 Å². The van der Waals surface area contributed by atoms with E-state index in [1.54, 1.807) is 67.5 Å². The first-order chi connectivity index (χ1) is 29.8. The molecule has 0 unspecified atom stereocenters. The van der Waals surface area contributed by atoms with Crippen molar-refractivity contribution < 1.29 is 58.5 Å². The van der Waals surface area contributed by atoms with Gasteiger partial charge in [-0.2, -0.15) is 0 Å². The van der Waals surface area contributed by atoms with Crippen molar-refractivity contribution in [3.8, 4) is 5.75 Å². The fraction of sp³-hybridized carbons (Fsp3) is 0.651. The second kappa shape index (κ2) is 27.4. The molecular formula is C43H71N9O12. The number of nitrogens with one attached hydrogen (secondary N) is 8. The van der Waals surface area contributed by atoms with Crippen molar-refractivity contribution in [1.82, 2.24) is 42.5 Å². The molecule has 0 bridgehead atoms. The number of aromatic hydroxyl groups is 1. The molecule has 64 heavy (non-hydrogen) atoms. The summed E-state index contributed by atoms with van der Waals surface area (Å²) in [5.41, 5.74) is 6.67. The summed E-state index contributed by atoms with van der Waals surface area (Å²) < 4.78 is 0. The number of phenolic OH excluding ortho intramolecular Hbond substituents is 1. The lowest BCUT2D eigenvalue weighted by Gasteiger charge is -2.29. The van der Waals surface area contributed by atoms with Crippen LogP contribution in [0.4, 0.5) is 0 Å². The zero-order valence-corrected chi connectivity index (χ0v) is 38.6. The molecule has 360 valence electrons. The quantitative estimate of drug-likeness (QED) is 0.0488. The third kappa shape index (κ3) is 19.3. The van der Waals surface area contributed by atoms with Gasteiger partial charge in [-0.3, -0.25) is 38.4 Å². The molecule has 1 aromatic carbocycles. The van der Waals surface area contributed by atoms with Gasteiger partial charge in [-0.05, 0) is 68.1 Å². The molecule has 0 saturated heterocycles. The molecule has 0 radical (unpaired) electrons. The Morgan fingerprint density at radius 2 is 1.05 bits per heavy atom. The molecule has 0 fully saturated rings. The molecule has 0 saturated carbocycles. The number of hydrogen-bond acceptors (Lipinski definition) is 12. The van der Waals surface area contributed by atoms with Crippen LogP contribution in [0.3, 0.4) is 0 Å². The zero-order chi connectivity index (χ0) is 49.0. The maximum absolute atomic E-state index is 13.7. The molecular weight excluding hydrogens is 835 g/mol. The van der Waals surface area contributed by atoms with Gasteiger partial charge in [0.15, 0.2) is 0 Å². The molecule has 0 aliphatic rings. The van der Waals surface area contributed by atoms with Crippen LogP contribution >= 0.6 is 0 Å². The fourth-order valence-electron chi connectivity index (χ4n) is 6.20. The fourth-order valence-corrected chi connectivity index (χ4v) is 6.20. The van der Waals surface area contributed by atoms with Crippen molar-refractivity contribution in [3.05, 3.63) is 29.8 Å². The van der Waals surface area contributed by atoms with Crippen molar-refractivity contribution in [2.24, 2.45) is 29.4 Å². The number of aliphatic hydroxyl groups is 1. The summed E-state index contributed by atoms with van der Waals surface area (Å²) in [7, 11) is 0. The second-order valence-electron chi connectivity index (χ2n) is 17.0. The molecule has 0 aliphatic carbocycles. The molecule has 0 spiro atoms. The van der Waals surface area contributed by atoms with Gasteiger partial charge in [0.05, 0.1) is 25.2 Å². The van der Waals surface area contributed by atoms with Crippen molar-refractivity contribution in [3.63, 3.8) is 0 Å². The summed E-state index contributed by atoms with van der Waals surface area (Å²) >= 11 is 0. The molecule has 8 amide bonds. The van der Waals surface area contributed by atoms with E-state index in [9.17, 15) is 58.5 Å².